The van der Waals surface area contributed by atoms with Gasteiger partial charge in [0, 0.05) is 19.6 Å². The SMILES string of the molecule is CNCCNCC1(C(C)C)CC1. The van der Waals surface area contributed by atoms with Gasteiger partial charge in [0.25, 0.3) is 0 Å². The first-order valence-electron chi connectivity index (χ1n) is 5.06. The van der Waals surface area contributed by atoms with Crippen molar-refractivity contribution in [1.82, 2.24) is 10.6 Å². The molecule has 0 amide bonds. The molecule has 0 unspecified atom stereocenters. The summed E-state index contributed by atoms with van der Waals surface area (Å²) in [5.41, 5.74) is 0.660. The molecule has 1 aliphatic carbocycles. The highest BCUT2D eigenvalue weighted by Gasteiger charge is 2.44. The highest BCUT2D eigenvalue weighted by Crippen LogP contribution is 2.51. The normalized spacial score (nSPS) is 20.0. The highest BCUT2D eigenvalue weighted by atomic mass is 14.9. The Bertz CT molecular complexity index is 128. The molecular formula is C10H22N2. The van der Waals surface area contributed by atoms with E-state index in [4.69, 9.17) is 0 Å². The molecule has 72 valence electrons. The van der Waals surface area contributed by atoms with E-state index in [2.05, 4.69) is 24.5 Å². The minimum Gasteiger partial charge on any atom is -0.318 e. The Kier molecular flexibility index (Phi) is 3.53. The van der Waals surface area contributed by atoms with Gasteiger partial charge >= 0.3 is 0 Å². The van der Waals surface area contributed by atoms with Crippen molar-refractivity contribution in [3.05, 3.63) is 0 Å². The van der Waals surface area contributed by atoms with Crippen molar-refractivity contribution >= 4 is 0 Å². The van der Waals surface area contributed by atoms with Gasteiger partial charge in [-0.2, -0.15) is 0 Å². The molecule has 0 aromatic rings. The van der Waals surface area contributed by atoms with Crippen molar-refractivity contribution in [2.75, 3.05) is 26.7 Å². The molecule has 1 saturated carbocycles. The van der Waals surface area contributed by atoms with Gasteiger partial charge in [-0.3, -0.25) is 0 Å². The minimum absolute atomic E-state index is 0.660. The molecule has 1 aliphatic rings. The van der Waals surface area contributed by atoms with E-state index in [1.54, 1.807) is 0 Å². The van der Waals surface area contributed by atoms with Crippen molar-refractivity contribution in [1.29, 1.82) is 0 Å². The Morgan fingerprint density at radius 1 is 1.25 bits per heavy atom. The lowest BCUT2D eigenvalue weighted by molar-refractivity contribution is 0.339. The van der Waals surface area contributed by atoms with Crippen LogP contribution in [-0.2, 0) is 0 Å². The molecule has 0 saturated heterocycles. The number of hydrogen-bond acceptors (Lipinski definition) is 2. The van der Waals surface area contributed by atoms with Crippen molar-refractivity contribution in [2.24, 2.45) is 11.3 Å². The third kappa shape index (κ3) is 2.46. The van der Waals surface area contributed by atoms with Crippen LogP contribution in [0.2, 0.25) is 0 Å². The quantitative estimate of drug-likeness (QED) is 0.586. The summed E-state index contributed by atoms with van der Waals surface area (Å²) >= 11 is 0. The van der Waals surface area contributed by atoms with Crippen LogP contribution in [0.4, 0.5) is 0 Å². The van der Waals surface area contributed by atoms with E-state index < -0.39 is 0 Å². The number of nitrogens with one attached hydrogen (secondary N) is 2. The van der Waals surface area contributed by atoms with Crippen molar-refractivity contribution in [3.63, 3.8) is 0 Å². The van der Waals surface area contributed by atoms with Crippen LogP contribution in [0.5, 0.6) is 0 Å². The van der Waals surface area contributed by atoms with Crippen LogP contribution in [0.15, 0.2) is 0 Å². The van der Waals surface area contributed by atoms with Crippen molar-refractivity contribution < 1.29 is 0 Å². The second-order valence-corrected chi connectivity index (χ2v) is 4.30. The average Bonchev–Trinajstić information content (AvgIpc) is 2.79. The van der Waals surface area contributed by atoms with Gasteiger partial charge in [0.2, 0.25) is 0 Å². The summed E-state index contributed by atoms with van der Waals surface area (Å²) in [6, 6.07) is 0. The molecule has 0 atom stereocenters. The maximum Gasteiger partial charge on any atom is 0.00768 e. The van der Waals surface area contributed by atoms with Gasteiger partial charge in [-0.15, -0.1) is 0 Å². The minimum atomic E-state index is 0.660. The third-order valence-electron chi connectivity index (χ3n) is 3.15. The molecule has 12 heavy (non-hydrogen) atoms. The molecule has 0 bridgehead atoms. The fourth-order valence-corrected chi connectivity index (χ4v) is 1.67. The number of hydrogen-bond donors (Lipinski definition) is 2. The first kappa shape index (κ1) is 10.0. The third-order valence-corrected chi connectivity index (χ3v) is 3.15. The van der Waals surface area contributed by atoms with Gasteiger partial charge in [-0.1, -0.05) is 13.8 Å². The average molecular weight is 170 g/mol. The van der Waals surface area contributed by atoms with Gasteiger partial charge in [-0.25, -0.2) is 0 Å². The highest BCUT2D eigenvalue weighted by molar-refractivity contribution is 4.96. The largest absolute Gasteiger partial charge is 0.318 e. The van der Waals surface area contributed by atoms with Crippen molar-refractivity contribution in [2.45, 2.75) is 26.7 Å². The maximum absolute atomic E-state index is 3.51. The lowest BCUT2D eigenvalue weighted by Gasteiger charge is -2.19. The van der Waals surface area contributed by atoms with Crippen LogP contribution in [-0.4, -0.2) is 26.7 Å². The summed E-state index contributed by atoms with van der Waals surface area (Å²) in [4.78, 5) is 0. The Hall–Kier alpha value is -0.0800. The standard InChI is InChI=1S/C10H22N2/c1-9(2)10(4-5-10)8-12-7-6-11-3/h9,11-12H,4-8H2,1-3H3. The molecule has 0 aromatic heterocycles. The first-order chi connectivity index (χ1) is 5.71. The smallest absolute Gasteiger partial charge is 0.00768 e. The van der Waals surface area contributed by atoms with Crippen LogP contribution in [0.1, 0.15) is 26.7 Å². The van der Waals surface area contributed by atoms with E-state index in [-0.39, 0.29) is 0 Å². The Morgan fingerprint density at radius 3 is 2.33 bits per heavy atom. The maximum atomic E-state index is 3.51. The molecule has 2 heteroatoms. The number of likely N-dealkylation sites (N-methyl/N-ethyl adjacent to an activating group) is 1. The predicted octanol–water partition coefficient (Wildman–Crippen LogP) is 1.23. The fraction of sp³-hybridized carbons (Fsp3) is 1.00. The predicted molar refractivity (Wildman–Crippen MR) is 53.3 cm³/mol. The van der Waals surface area contributed by atoms with Crippen molar-refractivity contribution in [3.8, 4) is 0 Å². The molecule has 2 nitrogen and oxygen atoms in total. The number of rotatable bonds is 6. The Labute approximate surface area is 76.1 Å². The van der Waals surface area contributed by atoms with E-state index in [9.17, 15) is 0 Å². The summed E-state index contributed by atoms with van der Waals surface area (Å²) in [5, 5.41) is 6.65. The Morgan fingerprint density at radius 2 is 1.92 bits per heavy atom. The van der Waals surface area contributed by atoms with Crippen LogP contribution < -0.4 is 10.6 Å². The van der Waals surface area contributed by atoms with Crippen LogP contribution in [0.3, 0.4) is 0 Å². The van der Waals surface area contributed by atoms with Crippen LogP contribution >= 0.6 is 0 Å². The summed E-state index contributed by atoms with van der Waals surface area (Å²) in [6.07, 6.45) is 2.86. The lowest BCUT2D eigenvalue weighted by atomic mass is 9.92. The van der Waals surface area contributed by atoms with E-state index in [0.29, 0.717) is 5.41 Å². The summed E-state index contributed by atoms with van der Waals surface area (Å²) in [7, 11) is 2.00. The van der Waals surface area contributed by atoms with Crippen LogP contribution in [0.25, 0.3) is 0 Å². The summed E-state index contributed by atoms with van der Waals surface area (Å²) in [6.45, 7) is 8.07. The fourth-order valence-electron chi connectivity index (χ4n) is 1.67. The zero-order chi connectivity index (χ0) is 9.03. The molecule has 1 rings (SSSR count). The second-order valence-electron chi connectivity index (χ2n) is 4.30. The second kappa shape index (κ2) is 4.24. The molecule has 1 fully saturated rings. The van der Waals surface area contributed by atoms with E-state index in [1.165, 1.54) is 19.4 Å². The molecule has 0 spiro atoms. The lowest BCUT2D eigenvalue weighted by Crippen LogP contribution is -2.32. The van der Waals surface area contributed by atoms with E-state index in [0.717, 1.165) is 19.0 Å². The Balaban J connectivity index is 2.06. The molecule has 0 heterocycles. The summed E-state index contributed by atoms with van der Waals surface area (Å²) < 4.78 is 0. The monoisotopic (exact) mass is 170 g/mol. The first-order valence-corrected chi connectivity index (χ1v) is 5.06. The molecule has 0 aliphatic heterocycles. The van der Waals surface area contributed by atoms with E-state index in [1.807, 2.05) is 7.05 Å². The molecule has 0 radical (unpaired) electrons. The van der Waals surface area contributed by atoms with Crippen LogP contribution in [0, 0.1) is 11.3 Å². The van der Waals surface area contributed by atoms with Gasteiger partial charge in [-0.05, 0) is 31.2 Å². The topological polar surface area (TPSA) is 24.1 Å². The molecule has 0 aromatic carbocycles. The zero-order valence-electron chi connectivity index (χ0n) is 8.61. The zero-order valence-corrected chi connectivity index (χ0v) is 8.61. The molecule has 2 N–H and O–H groups in total. The summed E-state index contributed by atoms with van der Waals surface area (Å²) in [5.74, 6) is 0.847. The van der Waals surface area contributed by atoms with Gasteiger partial charge in [0.05, 0.1) is 0 Å². The van der Waals surface area contributed by atoms with Gasteiger partial charge < -0.3 is 10.6 Å². The molecular weight excluding hydrogens is 148 g/mol. The van der Waals surface area contributed by atoms with Gasteiger partial charge in [0.1, 0.15) is 0 Å². The van der Waals surface area contributed by atoms with Gasteiger partial charge in [0.15, 0.2) is 0 Å². The van der Waals surface area contributed by atoms with E-state index >= 15 is 0 Å².